The van der Waals surface area contributed by atoms with Crippen LogP contribution in [0.4, 0.5) is 6.01 Å². The van der Waals surface area contributed by atoms with Gasteiger partial charge in [-0.3, -0.25) is 15.0 Å². The van der Waals surface area contributed by atoms with Gasteiger partial charge in [-0.1, -0.05) is 11.5 Å². The number of nitrogens with zero attached hydrogens (tertiary/aromatic N) is 3. The predicted octanol–water partition coefficient (Wildman–Crippen LogP) is 0.163. The highest BCUT2D eigenvalue weighted by atomic mass is 16.4. The molecule has 0 spiro atoms. The van der Waals surface area contributed by atoms with Gasteiger partial charge in [0.1, 0.15) is 0 Å². The number of aliphatic hydroxyl groups is 1. The third-order valence-corrected chi connectivity index (χ3v) is 3.08. The standard InChI is InChI=1S/C11H18N4O3/c1-8-13-14-11(18-8)12-10(17)6-15-5-3-2-4-9(15)7-16/h9,16H,2-7H2,1H3,(H,12,14,17). The zero-order chi connectivity index (χ0) is 13.0. The maximum Gasteiger partial charge on any atom is 0.322 e. The van der Waals surface area contributed by atoms with Crippen LogP contribution in [-0.2, 0) is 4.79 Å². The maximum atomic E-state index is 11.8. The Kier molecular flexibility index (Phi) is 4.27. The summed E-state index contributed by atoms with van der Waals surface area (Å²) in [7, 11) is 0. The Labute approximate surface area is 105 Å². The molecule has 0 aliphatic carbocycles. The Hall–Kier alpha value is -1.47. The lowest BCUT2D eigenvalue weighted by atomic mass is 10.0. The number of aliphatic hydroxyl groups excluding tert-OH is 1. The number of amides is 1. The first-order valence-electron chi connectivity index (χ1n) is 6.14. The van der Waals surface area contributed by atoms with E-state index in [2.05, 4.69) is 15.5 Å². The van der Waals surface area contributed by atoms with Crippen LogP contribution >= 0.6 is 0 Å². The highest BCUT2D eigenvalue weighted by Gasteiger charge is 2.23. The first kappa shape index (κ1) is 13.0. The van der Waals surface area contributed by atoms with E-state index in [1.165, 1.54) is 0 Å². The van der Waals surface area contributed by atoms with Crippen molar-refractivity contribution in [3.05, 3.63) is 5.89 Å². The summed E-state index contributed by atoms with van der Waals surface area (Å²) in [4.78, 5) is 13.8. The summed E-state index contributed by atoms with van der Waals surface area (Å²) < 4.78 is 5.07. The monoisotopic (exact) mass is 254 g/mol. The zero-order valence-corrected chi connectivity index (χ0v) is 10.4. The normalized spacial score (nSPS) is 20.9. The number of anilines is 1. The number of rotatable bonds is 4. The number of carbonyl (C=O) groups excluding carboxylic acids is 1. The van der Waals surface area contributed by atoms with Crippen LogP contribution in [0.2, 0.25) is 0 Å². The summed E-state index contributed by atoms with van der Waals surface area (Å²) in [5.74, 6) is 0.218. The summed E-state index contributed by atoms with van der Waals surface area (Å²) in [6.07, 6.45) is 3.10. The van der Waals surface area contributed by atoms with Gasteiger partial charge in [0.2, 0.25) is 11.8 Å². The molecule has 2 heterocycles. The molecule has 0 bridgehead atoms. The number of aromatic nitrogens is 2. The number of hydrogen-bond donors (Lipinski definition) is 2. The molecule has 1 saturated heterocycles. The Morgan fingerprint density at radius 1 is 1.56 bits per heavy atom. The van der Waals surface area contributed by atoms with Crippen molar-refractivity contribution in [2.75, 3.05) is 25.0 Å². The molecule has 1 aromatic rings. The van der Waals surface area contributed by atoms with E-state index in [1.54, 1.807) is 6.92 Å². The molecule has 1 aliphatic rings. The SMILES string of the molecule is Cc1nnc(NC(=O)CN2CCCCC2CO)o1. The molecule has 0 radical (unpaired) electrons. The van der Waals surface area contributed by atoms with E-state index in [0.717, 1.165) is 25.8 Å². The Balaban J connectivity index is 1.86. The van der Waals surface area contributed by atoms with Crippen molar-refractivity contribution in [1.29, 1.82) is 0 Å². The highest BCUT2D eigenvalue weighted by Crippen LogP contribution is 2.16. The lowest BCUT2D eigenvalue weighted by Crippen LogP contribution is -2.45. The average Bonchev–Trinajstić information content (AvgIpc) is 2.75. The van der Waals surface area contributed by atoms with Crippen LogP contribution in [0.5, 0.6) is 0 Å². The van der Waals surface area contributed by atoms with Gasteiger partial charge in [0.05, 0.1) is 13.2 Å². The molecule has 100 valence electrons. The number of carbonyl (C=O) groups is 1. The van der Waals surface area contributed by atoms with Gasteiger partial charge in [0.25, 0.3) is 0 Å². The van der Waals surface area contributed by atoms with Crippen molar-refractivity contribution in [2.45, 2.75) is 32.2 Å². The fourth-order valence-electron chi connectivity index (χ4n) is 2.17. The first-order chi connectivity index (χ1) is 8.69. The van der Waals surface area contributed by atoms with Crippen LogP contribution < -0.4 is 5.32 Å². The van der Waals surface area contributed by atoms with Crippen LogP contribution in [0.25, 0.3) is 0 Å². The molecule has 2 N–H and O–H groups in total. The lowest BCUT2D eigenvalue weighted by Gasteiger charge is -2.33. The molecule has 1 aliphatic heterocycles. The van der Waals surface area contributed by atoms with Crippen LogP contribution in [0.15, 0.2) is 4.42 Å². The van der Waals surface area contributed by atoms with Gasteiger partial charge < -0.3 is 9.52 Å². The number of likely N-dealkylation sites (tertiary alicyclic amines) is 1. The van der Waals surface area contributed by atoms with Crippen molar-refractivity contribution in [3.8, 4) is 0 Å². The van der Waals surface area contributed by atoms with Gasteiger partial charge >= 0.3 is 6.01 Å². The van der Waals surface area contributed by atoms with Gasteiger partial charge in [-0.2, -0.15) is 0 Å². The number of piperidine rings is 1. The fraction of sp³-hybridized carbons (Fsp3) is 0.727. The molecular weight excluding hydrogens is 236 g/mol. The summed E-state index contributed by atoms with van der Waals surface area (Å²) in [5, 5.41) is 19.1. The Morgan fingerprint density at radius 3 is 3.06 bits per heavy atom. The van der Waals surface area contributed by atoms with Crippen molar-refractivity contribution < 1.29 is 14.3 Å². The third kappa shape index (κ3) is 3.27. The first-order valence-corrected chi connectivity index (χ1v) is 6.14. The van der Waals surface area contributed by atoms with E-state index in [4.69, 9.17) is 4.42 Å². The second kappa shape index (κ2) is 5.92. The van der Waals surface area contributed by atoms with Crippen LogP contribution in [0.1, 0.15) is 25.2 Å². The number of nitrogens with one attached hydrogen (secondary N) is 1. The number of hydrogen-bond acceptors (Lipinski definition) is 6. The zero-order valence-electron chi connectivity index (χ0n) is 10.4. The van der Waals surface area contributed by atoms with Crippen molar-refractivity contribution in [2.24, 2.45) is 0 Å². The second-order valence-corrected chi connectivity index (χ2v) is 4.48. The van der Waals surface area contributed by atoms with E-state index in [9.17, 15) is 9.90 Å². The topological polar surface area (TPSA) is 91.5 Å². The van der Waals surface area contributed by atoms with E-state index in [1.807, 2.05) is 4.90 Å². The molecule has 7 nitrogen and oxygen atoms in total. The molecule has 0 saturated carbocycles. The largest absolute Gasteiger partial charge is 0.408 e. The molecule has 0 aromatic carbocycles. The molecular formula is C11H18N4O3. The van der Waals surface area contributed by atoms with Gasteiger partial charge in [0, 0.05) is 13.0 Å². The van der Waals surface area contributed by atoms with Crippen LogP contribution in [0.3, 0.4) is 0 Å². The Bertz CT molecular complexity index is 407. The predicted molar refractivity (Wildman–Crippen MR) is 64.0 cm³/mol. The molecule has 7 heteroatoms. The van der Waals surface area contributed by atoms with E-state index in [-0.39, 0.29) is 31.1 Å². The van der Waals surface area contributed by atoms with Crippen LogP contribution in [-0.4, -0.2) is 51.8 Å². The lowest BCUT2D eigenvalue weighted by molar-refractivity contribution is -0.118. The molecule has 1 fully saturated rings. The fourth-order valence-corrected chi connectivity index (χ4v) is 2.17. The van der Waals surface area contributed by atoms with Gasteiger partial charge in [-0.25, -0.2) is 0 Å². The molecule has 1 aromatic heterocycles. The number of aryl methyl sites for hydroxylation is 1. The van der Waals surface area contributed by atoms with E-state index >= 15 is 0 Å². The van der Waals surface area contributed by atoms with Crippen LogP contribution in [0, 0.1) is 6.92 Å². The van der Waals surface area contributed by atoms with Gasteiger partial charge in [0.15, 0.2) is 0 Å². The second-order valence-electron chi connectivity index (χ2n) is 4.48. The van der Waals surface area contributed by atoms with Crippen molar-refractivity contribution >= 4 is 11.9 Å². The Morgan fingerprint density at radius 2 is 2.39 bits per heavy atom. The van der Waals surface area contributed by atoms with Gasteiger partial charge in [-0.15, -0.1) is 5.10 Å². The molecule has 18 heavy (non-hydrogen) atoms. The summed E-state index contributed by atoms with van der Waals surface area (Å²) in [6.45, 7) is 2.83. The smallest absolute Gasteiger partial charge is 0.322 e. The highest BCUT2D eigenvalue weighted by molar-refractivity contribution is 5.90. The average molecular weight is 254 g/mol. The summed E-state index contributed by atoms with van der Waals surface area (Å²) in [6, 6.07) is 0.198. The molecule has 1 unspecified atom stereocenters. The quantitative estimate of drug-likeness (QED) is 0.795. The molecule has 2 rings (SSSR count). The summed E-state index contributed by atoms with van der Waals surface area (Å²) >= 11 is 0. The minimum absolute atomic E-state index is 0.0777. The van der Waals surface area contributed by atoms with E-state index < -0.39 is 0 Å². The van der Waals surface area contributed by atoms with Gasteiger partial charge in [-0.05, 0) is 19.4 Å². The summed E-state index contributed by atoms with van der Waals surface area (Å²) in [5.41, 5.74) is 0. The van der Waals surface area contributed by atoms with Crippen molar-refractivity contribution in [3.63, 3.8) is 0 Å². The molecule has 1 atom stereocenters. The van der Waals surface area contributed by atoms with Crippen molar-refractivity contribution in [1.82, 2.24) is 15.1 Å². The minimum Gasteiger partial charge on any atom is -0.408 e. The maximum absolute atomic E-state index is 11.8. The van der Waals surface area contributed by atoms with E-state index in [0.29, 0.717) is 5.89 Å². The third-order valence-electron chi connectivity index (χ3n) is 3.08. The molecule has 1 amide bonds. The minimum atomic E-state index is -0.195.